The van der Waals surface area contributed by atoms with Gasteiger partial charge in [-0.1, -0.05) is 6.92 Å². The molecule has 1 aromatic rings. The third kappa shape index (κ3) is 3.02. The third-order valence-electron chi connectivity index (χ3n) is 3.05. The van der Waals surface area contributed by atoms with Gasteiger partial charge in [0.05, 0.1) is 6.61 Å². The Labute approximate surface area is 111 Å². The zero-order valence-electron chi connectivity index (χ0n) is 10.8. The van der Waals surface area contributed by atoms with Gasteiger partial charge in [0.15, 0.2) is 5.78 Å². The van der Waals surface area contributed by atoms with Gasteiger partial charge < -0.3 is 9.84 Å². The Hall–Kier alpha value is -2.10. The van der Waals surface area contributed by atoms with E-state index in [9.17, 15) is 9.59 Å². The van der Waals surface area contributed by atoms with E-state index >= 15 is 0 Å². The average molecular weight is 260 g/mol. The maximum Gasteiger partial charge on any atom is 0.328 e. The highest BCUT2D eigenvalue weighted by Gasteiger charge is 2.22. The first-order valence-corrected chi connectivity index (χ1v) is 6.35. The molecule has 0 aromatic heterocycles. The van der Waals surface area contributed by atoms with E-state index < -0.39 is 5.97 Å². The summed E-state index contributed by atoms with van der Waals surface area (Å²) in [4.78, 5) is 22.8. The first-order valence-electron chi connectivity index (χ1n) is 6.35. The summed E-state index contributed by atoms with van der Waals surface area (Å²) < 4.78 is 5.53. The van der Waals surface area contributed by atoms with Gasteiger partial charge >= 0.3 is 5.97 Å². The van der Waals surface area contributed by atoms with Crippen molar-refractivity contribution in [2.24, 2.45) is 0 Å². The molecule has 0 aliphatic heterocycles. The fourth-order valence-electron chi connectivity index (χ4n) is 2.15. The van der Waals surface area contributed by atoms with Crippen LogP contribution in [0.4, 0.5) is 0 Å². The number of carboxylic acids is 1. The molecular weight excluding hydrogens is 244 g/mol. The predicted molar refractivity (Wildman–Crippen MR) is 70.6 cm³/mol. The van der Waals surface area contributed by atoms with Crippen LogP contribution in [0, 0.1) is 0 Å². The van der Waals surface area contributed by atoms with Gasteiger partial charge in [0.2, 0.25) is 0 Å². The van der Waals surface area contributed by atoms with Crippen LogP contribution >= 0.6 is 0 Å². The molecule has 1 aromatic carbocycles. The molecule has 0 spiro atoms. The number of carboxylic acid groups (broad SMARTS) is 1. The molecule has 4 nitrogen and oxygen atoms in total. The Kier molecular flexibility index (Phi) is 4.00. The Bertz CT molecular complexity index is 543. The number of fused-ring (bicyclic) bond motifs is 1. The quantitative estimate of drug-likeness (QED) is 0.845. The number of aryl methyl sites for hydroxylation is 1. The van der Waals surface area contributed by atoms with Gasteiger partial charge in [0.25, 0.3) is 0 Å². The van der Waals surface area contributed by atoms with E-state index in [1.54, 1.807) is 12.1 Å². The maximum atomic E-state index is 12.1. The Morgan fingerprint density at radius 2 is 2.21 bits per heavy atom. The highest BCUT2D eigenvalue weighted by molar-refractivity contribution is 6.12. The van der Waals surface area contributed by atoms with Crippen molar-refractivity contribution in [1.29, 1.82) is 0 Å². The molecule has 2 rings (SSSR count). The van der Waals surface area contributed by atoms with E-state index in [0.29, 0.717) is 30.6 Å². The Morgan fingerprint density at radius 1 is 1.42 bits per heavy atom. The summed E-state index contributed by atoms with van der Waals surface area (Å²) in [6.07, 6.45) is 3.08. The smallest absolute Gasteiger partial charge is 0.328 e. The minimum absolute atomic E-state index is 0.189. The van der Waals surface area contributed by atoms with Gasteiger partial charge in [0, 0.05) is 17.2 Å². The van der Waals surface area contributed by atoms with Crippen LogP contribution < -0.4 is 4.74 Å². The fraction of sp³-hybridized carbons (Fsp3) is 0.333. The number of ether oxygens (including phenoxy) is 1. The lowest BCUT2D eigenvalue weighted by Gasteiger charge is -2.18. The van der Waals surface area contributed by atoms with Crippen LogP contribution in [-0.2, 0) is 11.2 Å². The second-order valence-corrected chi connectivity index (χ2v) is 4.50. The predicted octanol–water partition coefficient (Wildman–Crippen LogP) is 2.62. The van der Waals surface area contributed by atoms with Crippen LogP contribution in [0.15, 0.2) is 29.8 Å². The van der Waals surface area contributed by atoms with Crippen molar-refractivity contribution in [1.82, 2.24) is 0 Å². The largest absolute Gasteiger partial charge is 0.494 e. The molecule has 0 saturated heterocycles. The second-order valence-electron chi connectivity index (χ2n) is 4.50. The summed E-state index contributed by atoms with van der Waals surface area (Å²) in [5.41, 5.74) is 1.88. The molecule has 0 bridgehead atoms. The molecule has 0 amide bonds. The summed E-state index contributed by atoms with van der Waals surface area (Å²) in [6, 6.07) is 5.36. The lowest BCUT2D eigenvalue weighted by molar-refractivity contribution is -0.131. The van der Waals surface area contributed by atoms with Crippen LogP contribution in [0.3, 0.4) is 0 Å². The van der Waals surface area contributed by atoms with E-state index in [4.69, 9.17) is 9.84 Å². The molecule has 0 saturated carbocycles. The van der Waals surface area contributed by atoms with E-state index in [1.807, 2.05) is 13.0 Å². The molecule has 1 N–H and O–H groups in total. The van der Waals surface area contributed by atoms with Gasteiger partial charge in [0.1, 0.15) is 5.75 Å². The van der Waals surface area contributed by atoms with Crippen LogP contribution in [0.1, 0.15) is 35.7 Å². The zero-order valence-corrected chi connectivity index (χ0v) is 10.8. The second kappa shape index (κ2) is 5.69. The molecule has 4 heteroatoms. The fourth-order valence-corrected chi connectivity index (χ4v) is 2.15. The van der Waals surface area contributed by atoms with Crippen LogP contribution in [-0.4, -0.2) is 23.5 Å². The van der Waals surface area contributed by atoms with E-state index in [0.717, 1.165) is 23.8 Å². The zero-order chi connectivity index (χ0) is 13.8. The van der Waals surface area contributed by atoms with Gasteiger partial charge in [-0.15, -0.1) is 0 Å². The Balaban J connectivity index is 2.26. The van der Waals surface area contributed by atoms with Crippen molar-refractivity contribution in [3.8, 4) is 5.75 Å². The van der Waals surface area contributed by atoms with Crippen molar-refractivity contribution < 1.29 is 19.4 Å². The molecule has 0 fully saturated rings. The highest BCUT2D eigenvalue weighted by Crippen LogP contribution is 2.28. The monoisotopic (exact) mass is 260 g/mol. The minimum atomic E-state index is -1.07. The van der Waals surface area contributed by atoms with Crippen molar-refractivity contribution >= 4 is 11.8 Å². The van der Waals surface area contributed by atoms with Crippen molar-refractivity contribution in [2.75, 3.05) is 6.61 Å². The van der Waals surface area contributed by atoms with Crippen molar-refractivity contribution in [3.63, 3.8) is 0 Å². The highest BCUT2D eigenvalue weighted by atomic mass is 16.5. The SMILES string of the molecule is CCCOc1ccc2c(c1)CC/C(=C/C(=O)O)C2=O. The first kappa shape index (κ1) is 13.3. The normalized spacial score (nSPS) is 16.3. The molecule has 1 aliphatic rings. The topological polar surface area (TPSA) is 63.6 Å². The molecule has 0 radical (unpaired) electrons. The van der Waals surface area contributed by atoms with E-state index in [1.165, 1.54) is 0 Å². The summed E-state index contributed by atoms with van der Waals surface area (Å²) in [6.45, 7) is 2.68. The van der Waals surface area contributed by atoms with Gasteiger partial charge in [-0.3, -0.25) is 4.79 Å². The lowest BCUT2D eigenvalue weighted by Crippen LogP contribution is -2.15. The van der Waals surface area contributed by atoms with E-state index in [2.05, 4.69) is 0 Å². The van der Waals surface area contributed by atoms with E-state index in [-0.39, 0.29) is 5.78 Å². The lowest BCUT2D eigenvalue weighted by atomic mass is 9.86. The van der Waals surface area contributed by atoms with Crippen molar-refractivity contribution in [3.05, 3.63) is 41.0 Å². The van der Waals surface area contributed by atoms with Gasteiger partial charge in [-0.25, -0.2) is 4.79 Å². The summed E-state index contributed by atoms with van der Waals surface area (Å²) in [5.74, 6) is -0.501. The molecular formula is C15H16O4. The number of carbonyl (C=O) groups excluding carboxylic acids is 1. The van der Waals surface area contributed by atoms with Gasteiger partial charge in [-0.2, -0.15) is 0 Å². The number of Topliss-reactive ketones (excluding diaryl/α,β-unsaturated/α-hetero) is 1. The number of benzene rings is 1. The van der Waals surface area contributed by atoms with Crippen LogP contribution in [0.25, 0.3) is 0 Å². The average Bonchev–Trinajstić information content (AvgIpc) is 2.39. The number of allylic oxidation sites excluding steroid dienone is 1. The molecule has 1 aliphatic carbocycles. The summed E-state index contributed by atoms with van der Waals surface area (Å²) in [7, 11) is 0. The molecule has 0 heterocycles. The van der Waals surface area contributed by atoms with Crippen molar-refractivity contribution in [2.45, 2.75) is 26.2 Å². The standard InChI is InChI=1S/C15H16O4/c1-2-7-19-12-5-6-13-10(8-12)3-4-11(15(13)18)9-14(16)17/h5-6,8-9H,2-4,7H2,1H3,(H,16,17)/b11-9-. The molecule has 100 valence electrons. The number of hydrogen-bond acceptors (Lipinski definition) is 3. The minimum Gasteiger partial charge on any atom is -0.494 e. The summed E-state index contributed by atoms with van der Waals surface area (Å²) in [5, 5.41) is 8.72. The van der Waals surface area contributed by atoms with Crippen LogP contribution in [0.5, 0.6) is 5.75 Å². The number of rotatable bonds is 4. The van der Waals surface area contributed by atoms with Crippen LogP contribution in [0.2, 0.25) is 0 Å². The Morgan fingerprint density at radius 3 is 2.89 bits per heavy atom. The number of aliphatic carboxylic acids is 1. The van der Waals surface area contributed by atoms with Gasteiger partial charge in [-0.05, 0) is 43.0 Å². The number of carbonyl (C=O) groups is 2. The molecule has 19 heavy (non-hydrogen) atoms. The third-order valence-corrected chi connectivity index (χ3v) is 3.05. The molecule has 0 unspecified atom stereocenters. The molecule has 0 atom stereocenters. The summed E-state index contributed by atoms with van der Waals surface area (Å²) >= 11 is 0. The number of ketones is 1. The first-order chi connectivity index (χ1) is 9.11. The number of hydrogen-bond donors (Lipinski definition) is 1. The maximum absolute atomic E-state index is 12.1.